The summed E-state index contributed by atoms with van der Waals surface area (Å²) in [6.45, 7) is 0. The maximum Gasteiger partial charge on any atom is 0.394 e. The van der Waals surface area contributed by atoms with Crippen LogP contribution in [0.15, 0.2) is 95.4 Å². The number of rotatable bonds is 6. The molecule has 11 nitrogen and oxygen atoms in total. The third-order valence-corrected chi connectivity index (χ3v) is 5.16. The van der Waals surface area contributed by atoms with Crippen molar-refractivity contribution in [3.8, 4) is 0 Å². The molecule has 6 N–H and O–H groups in total. The lowest BCUT2D eigenvalue weighted by Gasteiger charge is -2.03. The third kappa shape index (κ3) is 7.11. The van der Waals surface area contributed by atoms with E-state index < -0.39 is 10.4 Å². The van der Waals surface area contributed by atoms with Gasteiger partial charge < -0.3 is 9.97 Å². The summed E-state index contributed by atoms with van der Waals surface area (Å²) in [5, 5.41) is 10.5. The number of carbonyl (C=O) groups excluding carboxylic acids is 1. The second kappa shape index (κ2) is 11.3. The molecule has 0 unspecified atom stereocenters. The van der Waals surface area contributed by atoms with E-state index in [2.05, 4.69) is 31.0 Å². The van der Waals surface area contributed by atoms with Crippen molar-refractivity contribution in [1.29, 1.82) is 0 Å². The summed E-state index contributed by atoms with van der Waals surface area (Å²) in [6.07, 6.45) is 7.17. The number of aromatic nitrogens is 2. The molecule has 0 spiro atoms. The van der Waals surface area contributed by atoms with Crippen LogP contribution in [0.25, 0.3) is 21.8 Å². The van der Waals surface area contributed by atoms with Crippen LogP contribution >= 0.6 is 0 Å². The van der Waals surface area contributed by atoms with Gasteiger partial charge in [-0.1, -0.05) is 36.4 Å². The van der Waals surface area contributed by atoms with Crippen LogP contribution in [0.1, 0.15) is 21.5 Å². The van der Waals surface area contributed by atoms with Gasteiger partial charge in [0.1, 0.15) is 0 Å². The van der Waals surface area contributed by atoms with E-state index in [4.69, 9.17) is 17.5 Å². The molecule has 3 aromatic carbocycles. The minimum Gasteiger partial charge on any atom is -0.361 e. The molecule has 0 aliphatic rings. The van der Waals surface area contributed by atoms with Gasteiger partial charge in [-0.05, 0) is 36.4 Å². The van der Waals surface area contributed by atoms with Gasteiger partial charge >= 0.3 is 10.4 Å². The van der Waals surface area contributed by atoms with Crippen molar-refractivity contribution in [2.24, 2.45) is 10.2 Å². The van der Waals surface area contributed by atoms with E-state index in [9.17, 15) is 4.79 Å². The Kier molecular flexibility index (Phi) is 7.74. The van der Waals surface area contributed by atoms with Gasteiger partial charge in [-0.2, -0.15) is 18.6 Å². The molecule has 2 heterocycles. The number of hydrogen-bond donors (Lipinski definition) is 6. The Labute approximate surface area is 211 Å². The minimum atomic E-state index is -4.67. The predicted octanol–water partition coefficient (Wildman–Crippen LogP) is 4.21. The maximum absolute atomic E-state index is 12.4. The number of hydrogen-bond acceptors (Lipinski definition) is 6. The predicted molar refractivity (Wildman–Crippen MR) is 143 cm³/mol. The van der Waals surface area contributed by atoms with Crippen LogP contribution in [-0.4, -0.2) is 45.8 Å². The molecule has 12 heteroatoms. The van der Waals surface area contributed by atoms with Gasteiger partial charge in [-0.15, -0.1) is 0 Å². The standard InChI is InChI=1S/C25H20N6O.H2O4S/c32-25(31-29-16-19-14-27-24-8-4-2-6-22(19)24)17-9-11-20(12-10-17)30-28-15-18-13-26-23-7-3-1-5-21(18)23;1-5(2,3)4/h1-16,26-27,30H,(H,31,32);(H2,1,2,3,4). The number of anilines is 1. The summed E-state index contributed by atoms with van der Waals surface area (Å²) in [5.74, 6) is -0.282. The Morgan fingerprint density at radius 3 is 1.78 bits per heavy atom. The van der Waals surface area contributed by atoms with Crippen molar-refractivity contribution in [3.05, 3.63) is 102 Å². The largest absolute Gasteiger partial charge is 0.394 e. The van der Waals surface area contributed by atoms with Gasteiger partial charge in [0.15, 0.2) is 0 Å². The van der Waals surface area contributed by atoms with E-state index in [1.165, 1.54) is 0 Å². The molecule has 0 bridgehead atoms. The zero-order valence-electron chi connectivity index (χ0n) is 19.2. The number of hydrazone groups is 2. The number of carbonyl (C=O) groups is 1. The summed E-state index contributed by atoms with van der Waals surface area (Å²) in [6, 6.07) is 23.0. The summed E-state index contributed by atoms with van der Waals surface area (Å²) in [4.78, 5) is 18.7. The Balaban J connectivity index is 0.000000586. The van der Waals surface area contributed by atoms with E-state index in [1.54, 1.807) is 36.7 Å². The zero-order chi connectivity index (χ0) is 26.3. The molecule has 5 aromatic rings. The van der Waals surface area contributed by atoms with Gasteiger partial charge in [0.25, 0.3) is 5.91 Å². The topological polar surface area (TPSA) is 172 Å². The lowest BCUT2D eigenvalue weighted by atomic mass is 10.2. The quantitative estimate of drug-likeness (QED) is 0.112. The summed E-state index contributed by atoms with van der Waals surface area (Å²) in [5.41, 5.74) is 10.8. The molecule has 2 aromatic heterocycles. The van der Waals surface area contributed by atoms with Crippen LogP contribution < -0.4 is 10.9 Å². The van der Waals surface area contributed by atoms with E-state index in [0.717, 1.165) is 38.6 Å². The normalized spacial score (nSPS) is 11.6. The highest BCUT2D eigenvalue weighted by Crippen LogP contribution is 2.17. The minimum absolute atomic E-state index is 0.282. The first-order chi connectivity index (χ1) is 17.8. The van der Waals surface area contributed by atoms with Crippen molar-refractivity contribution in [2.75, 3.05) is 5.43 Å². The molecule has 37 heavy (non-hydrogen) atoms. The van der Waals surface area contributed by atoms with Gasteiger partial charge in [0.05, 0.1) is 18.1 Å². The first-order valence-electron chi connectivity index (χ1n) is 10.8. The van der Waals surface area contributed by atoms with Crippen molar-refractivity contribution < 1.29 is 22.3 Å². The fourth-order valence-electron chi connectivity index (χ4n) is 3.50. The first-order valence-corrected chi connectivity index (χ1v) is 12.2. The molecule has 0 saturated heterocycles. The highest BCUT2D eigenvalue weighted by Gasteiger charge is 2.05. The lowest BCUT2D eigenvalue weighted by Crippen LogP contribution is -2.17. The molecular weight excluding hydrogens is 496 g/mol. The van der Waals surface area contributed by atoms with E-state index >= 15 is 0 Å². The van der Waals surface area contributed by atoms with Crippen LogP contribution in [0.2, 0.25) is 0 Å². The number of aromatic amines is 2. The number of H-pyrrole nitrogens is 2. The van der Waals surface area contributed by atoms with Gasteiger partial charge in [0.2, 0.25) is 0 Å². The van der Waals surface area contributed by atoms with Crippen LogP contribution in [0, 0.1) is 0 Å². The molecule has 1 amide bonds. The zero-order valence-corrected chi connectivity index (χ0v) is 20.0. The van der Waals surface area contributed by atoms with Gasteiger partial charge in [-0.25, -0.2) is 5.43 Å². The van der Waals surface area contributed by atoms with E-state index in [-0.39, 0.29) is 5.91 Å². The molecule has 188 valence electrons. The number of benzene rings is 3. The van der Waals surface area contributed by atoms with Crippen LogP contribution in [0.3, 0.4) is 0 Å². The average molecular weight is 519 g/mol. The lowest BCUT2D eigenvalue weighted by molar-refractivity contribution is 0.0955. The molecule has 0 saturated carbocycles. The fourth-order valence-corrected chi connectivity index (χ4v) is 3.50. The summed E-state index contributed by atoms with van der Waals surface area (Å²) in [7, 11) is -4.67. The maximum atomic E-state index is 12.4. The Bertz CT molecular complexity index is 1680. The number of nitrogens with one attached hydrogen (secondary N) is 4. The molecule has 0 atom stereocenters. The van der Waals surface area contributed by atoms with Crippen LogP contribution in [0.5, 0.6) is 0 Å². The number of para-hydroxylation sites is 2. The van der Waals surface area contributed by atoms with Gasteiger partial charge in [0, 0.05) is 50.9 Å². The SMILES string of the molecule is O=C(NN=Cc1c[nH]c2ccccc12)c1ccc(NN=Cc2c[nH]c3ccccc23)cc1.O=S(=O)(O)O. The third-order valence-electron chi connectivity index (χ3n) is 5.16. The highest BCUT2D eigenvalue weighted by molar-refractivity contribution is 7.79. The number of amides is 1. The smallest absolute Gasteiger partial charge is 0.361 e. The van der Waals surface area contributed by atoms with Crippen LogP contribution in [-0.2, 0) is 10.4 Å². The first kappa shape index (κ1) is 25.3. The molecule has 0 aliphatic heterocycles. The van der Waals surface area contributed by atoms with E-state index in [0.29, 0.717) is 5.56 Å². The fraction of sp³-hybridized carbons (Fsp3) is 0. The molecule has 0 aliphatic carbocycles. The number of nitrogens with zero attached hydrogens (tertiary/aromatic N) is 2. The molecule has 5 rings (SSSR count). The monoisotopic (exact) mass is 518 g/mol. The summed E-state index contributed by atoms with van der Waals surface area (Å²) < 4.78 is 31.6. The Morgan fingerprint density at radius 1 is 0.757 bits per heavy atom. The van der Waals surface area contributed by atoms with Crippen molar-refractivity contribution in [1.82, 2.24) is 15.4 Å². The molecular formula is C25H22N6O5S. The van der Waals surface area contributed by atoms with Crippen molar-refractivity contribution in [2.45, 2.75) is 0 Å². The second-order valence-electron chi connectivity index (χ2n) is 7.67. The van der Waals surface area contributed by atoms with Crippen molar-refractivity contribution >= 4 is 56.2 Å². The van der Waals surface area contributed by atoms with E-state index in [1.807, 2.05) is 60.9 Å². The molecule has 0 radical (unpaired) electrons. The van der Waals surface area contributed by atoms with Gasteiger partial charge in [-0.3, -0.25) is 19.3 Å². The second-order valence-corrected chi connectivity index (χ2v) is 8.57. The average Bonchev–Trinajstić information content (AvgIpc) is 3.48. The highest BCUT2D eigenvalue weighted by atomic mass is 32.3. The summed E-state index contributed by atoms with van der Waals surface area (Å²) >= 11 is 0. The number of fused-ring (bicyclic) bond motifs is 2. The molecule has 0 fully saturated rings. The Hall–Kier alpha value is -4.78. The Morgan fingerprint density at radius 2 is 1.24 bits per heavy atom. The van der Waals surface area contributed by atoms with Crippen LogP contribution in [0.4, 0.5) is 5.69 Å². The van der Waals surface area contributed by atoms with Crippen molar-refractivity contribution in [3.63, 3.8) is 0 Å².